The molecule has 0 saturated heterocycles. The smallest absolute Gasteiger partial charge is 0.127 e. The Labute approximate surface area is 114 Å². The van der Waals surface area contributed by atoms with Crippen molar-refractivity contribution in [3.63, 3.8) is 0 Å². The molecule has 1 aromatic rings. The van der Waals surface area contributed by atoms with Gasteiger partial charge in [-0.25, -0.2) is 4.39 Å². The Kier molecular flexibility index (Phi) is 3.70. The van der Waals surface area contributed by atoms with Gasteiger partial charge in [-0.3, -0.25) is 0 Å². The van der Waals surface area contributed by atoms with Crippen molar-refractivity contribution in [2.75, 3.05) is 7.05 Å². The van der Waals surface area contributed by atoms with E-state index in [9.17, 15) is 4.39 Å². The molecule has 0 amide bonds. The Morgan fingerprint density at radius 3 is 2.72 bits per heavy atom. The van der Waals surface area contributed by atoms with Crippen LogP contribution in [0.1, 0.15) is 49.4 Å². The van der Waals surface area contributed by atoms with E-state index in [-0.39, 0.29) is 17.3 Å². The highest BCUT2D eigenvalue weighted by Crippen LogP contribution is 2.43. The van der Waals surface area contributed by atoms with Gasteiger partial charge in [0.15, 0.2) is 0 Å². The summed E-state index contributed by atoms with van der Waals surface area (Å²) in [7, 11) is 1.94. The summed E-state index contributed by atoms with van der Waals surface area (Å²) in [6, 6.07) is 1.64. The fourth-order valence-electron chi connectivity index (χ4n) is 2.98. The van der Waals surface area contributed by atoms with Gasteiger partial charge >= 0.3 is 0 Å². The lowest BCUT2D eigenvalue weighted by Gasteiger charge is -2.27. The van der Waals surface area contributed by atoms with E-state index >= 15 is 0 Å². The van der Waals surface area contributed by atoms with Gasteiger partial charge in [-0.05, 0) is 61.4 Å². The summed E-state index contributed by atoms with van der Waals surface area (Å²) in [6.07, 6.45) is 3.03. The number of rotatable bonds is 1. The summed E-state index contributed by atoms with van der Waals surface area (Å²) in [6.45, 7) is 6.39. The predicted octanol–water partition coefficient (Wildman–Crippen LogP) is 4.41. The van der Waals surface area contributed by atoms with Crippen molar-refractivity contribution in [1.29, 1.82) is 0 Å². The zero-order valence-electron chi connectivity index (χ0n) is 11.5. The van der Waals surface area contributed by atoms with E-state index in [1.54, 1.807) is 0 Å². The first kappa shape index (κ1) is 13.8. The summed E-state index contributed by atoms with van der Waals surface area (Å²) in [5.41, 5.74) is 3.19. The molecule has 1 unspecified atom stereocenters. The second kappa shape index (κ2) is 4.82. The molecule has 1 N–H and O–H groups in total. The van der Waals surface area contributed by atoms with Crippen LogP contribution in [0.5, 0.6) is 0 Å². The topological polar surface area (TPSA) is 12.0 Å². The first-order valence-corrected chi connectivity index (χ1v) is 6.88. The van der Waals surface area contributed by atoms with Crippen LogP contribution in [0.3, 0.4) is 0 Å². The number of nitrogens with one attached hydrogen (secondary N) is 1. The van der Waals surface area contributed by atoms with Gasteiger partial charge in [-0.2, -0.15) is 0 Å². The molecule has 100 valence electrons. The number of halogens is 2. The fourth-order valence-corrected chi connectivity index (χ4v) is 3.27. The molecule has 0 aliphatic heterocycles. The van der Waals surface area contributed by atoms with Crippen LogP contribution in [0.25, 0.3) is 0 Å². The molecule has 1 aromatic carbocycles. The number of hydrogen-bond donors (Lipinski definition) is 1. The molecule has 0 radical (unpaired) electrons. The highest BCUT2D eigenvalue weighted by atomic mass is 35.5. The summed E-state index contributed by atoms with van der Waals surface area (Å²) in [5.74, 6) is -0.196. The Morgan fingerprint density at radius 2 is 2.11 bits per heavy atom. The average Bonchev–Trinajstić information content (AvgIpc) is 2.42. The standard InChI is InChI=1S/C15H21ClFN/c1-9-12(17)7-11(16)10-5-6-15(2,3)8-13(18-4)14(9)10/h7,13,18H,5-6,8H2,1-4H3. The first-order chi connectivity index (χ1) is 8.35. The molecular weight excluding hydrogens is 249 g/mol. The largest absolute Gasteiger partial charge is 0.313 e. The normalized spacial score (nSPS) is 22.4. The Bertz CT molecular complexity index is 468. The van der Waals surface area contributed by atoms with Crippen LogP contribution in [-0.4, -0.2) is 7.05 Å². The quantitative estimate of drug-likeness (QED) is 0.745. The van der Waals surface area contributed by atoms with Crippen molar-refractivity contribution in [3.05, 3.63) is 33.6 Å². The van der Waals surface area contributed by atoms with Crippen LogP contribution in [0, 0.1) is 18.2 Å². The molecule has 1 aliphatic rings. The van der Waals surface area contributed by atoms with Crippen LogP contribution in [-0.2, 0) is 6.42 Å². The Balaban J connectivity index is 2.60. The van der Waals surface area contributed by atoms with E-state index < -0.39 is 0 Å². The van der Waals surface area contributed by atoms with Gasteiger partial charge in [0.25, 0.3) is 0 Å². The molecule has 18 heavy (non-hydrogen) atoms. The highest BCUT2D eigenvalue weighted by molar-refractivity contribution is 6.31. The second-order valence-corrected chi connectivity index (χ2v) is 6.47. The molecule has 0 heterocycles. The molecule has 0 saturated carbocycles. The van der Waals surface area contributed by atoms with Gasteiger partial charge in [0.2, 0.25) is 0 Å². The van der Waals surface area contributed by atoms with E-state index in [1.165, 1.54) is 6.07 Å². The predicted molar refractivity (Wildman–Crippen MR) is 74.7 cm³/mol. The summed E-state index contributed by atoms with van der Waals surface area (Å²) in [4.78, 5) is 0. The van der Waals surface area contributed by atoms with Crippen molar-refractivity contribution in [1.82, 2.24) is 5.32 Å². The second-order valence-electron chi connectivity index (χ2n) is 6.07. The van der Waals surface area contributed by atoms with E-state index in [1.807, 2.05) is 14.0 Å². The first-order valence-electron chi connectivity index (χ1n) is 6.50. The molecule has 3 heteroatoms. The molecule has 1 nitrogen and oxygen atoms in total. The molecule has 1 atom stereocenters. The number of fused-ring (bicyclic) bond motifs is 1. The Morgan fingerprint density at radius 1 is 1.44 bits per heavy atom. The fraction of sp³-hybridized carbons (Fsp3) is 0.600. The minimum absolute atomic E-state index is 0.186. The third-order valence-corrected chi connectivity index (χ3v) is 4.47. The maximum atomic E-state index is 13.9. The van der Waals surface area contributed by atoms with Gasteiger partial charge in [-0.15, -0.1) is 0 Å². The van der Waals surface area contributed by atoms with Crippen molar-refractivity contribution in [2.45, 2.75) is 46.1 Å². The third kappa shape index (κ3) is 2.41. The van der Waals surface area contributed by atoms with Crippen LogP contribution in [0.4, 0.5) is 4.39 Å². The number of hydrogen-bond acceptors (Lipinski definition) is 1. The molecular formula is C15H21ClFN. The van der Waals surface area contributed by atoms with Gasteiger partial charge in [0, 0.05) is 11.1 Å². The minimum Gasteiger partial charge on any atom is -0.313 e. The zero-order valence-corrected chi connectivity index (χ0v) is 12.3. The van der Waals surface area contributed by atoms with Crippen molar-refractivity contribution >= 4 is 11.6 Å². The lowest BCUT2D eigenvalue weighted by atomic mass is 9.82. The van der Waals surface area contributed by atoms with E-state index in [2.05, 4.69) is 19.2 Å². The monoisotopic (exact) mass is 269 g/mol. The average molecular weight is 270 g/mol. The van der Waals surface area contributed by atoms with Crippen molar-refractivity contribution in [3.8, 4) is 0 Å². The van der Waals surface area contributed by atoms with Crippen LogP contribution < -0.4 is 5.32 Å². The summed E-state index contributed by atoms with van der Waals surface area (Å²) < 4.78 is 13.9. The third-order valence-electron chi connectivity index (χ3n) is 4.13. The van der Waals surface area contributed by atoms with Crippen molar-refractivity contribution in [2.24, 2.45) is 5.41 Å². The van der Waals surface area contributed by atoms with Crippen LogP contribution in [0.15, 0.2) is 6.07 Å². The molecule has 1 aliphatic carbocycles. The van der Waals surface area contributed by atoms with Crippen LogP contribution >= 0.6 is 11.6 Å². The summed E-state index contributed by atoms with van der Waals surface area (Å²) >= 11 is 6.24. The Hall–Kier alpha value is -0.600. The lowest BCUT2D eigenvalue weighted by molar-refractivity contribution is 0.279. The molecule has 0 spiro atoms. The van der Waals surface area contributed by atoms with E-state index in [4.69, 9.17) is 11.6 Å². The SMILES string of the molecule is CNC1CC(C)(C)CCc2c(Cl)cc(F)c(C)c21. The molecule has 2 rings (SSSR count). The van der Waals surface area contributed by atoms with E-state index in [0.29, 0.717) is 5.02 Å². The lowest BCUT2D eigenvalue weighted by Crippen LogP contribution is -2.23. The van der Waals surface area contributed by atoms with E-state index in [0.717, 1.165) is 36.0 Å². The zero-order chi connectivity index (χ0) is 13.5. The number of benzene rings is 1. The maximum Gasteiger partial charge on any atom is 0.127 e. The van der Waals surface area contributed by atoms with Gasteiger partial charge < -0.3 is 5.32 Å². The maximum absolute atomic E-state index is 13.9. The van der Waals surface area contributed by atoms with Gasteiger partial charge in [0.05, 0.1) is 0 Å². The molecule has 0 bridgehead atoms. The van der Waals surface area contributed by atoms with Gasteiger partial charge in [-0.1, -0.05) is 25.4 Å². The van der Waals surface area contributed by atoms with Crippen LogP contribution in [0.2, 0.25) is 5.02 Å². The molecule has 0 aromatic heterocycles. The summed E-state index contributed by atoms with van der Waals surface area (Å²) in [5, 5.41) is 3.90. The minimum atomic E-state index is -0.196. The van der Waals surface area contributed by atoms with Crippen molar-refractivity contribution < 1.29 is 4.39 Å². The highest BCUT2D eigenvalue weighted by Gasteiger charge is 2.31. The van der Waals surface area contributed by atoms with Gasteiger partial charge in [0.1, 0.15) is 5.82 Å². The molecule has 0 fully saturated rings.